The number of carbonyl (C=O) groups excluding carboxylic acids is 2. The molecule has 0 spiro atoms. The third kappa shape index (κ3) is 4.09. The van der Waals surface area contributed by atoms with Gasteiger partial charge in [-0.15, -0.1) is 0 Å². The van der Waals surface area contributed by atoms with Crippen molar-refractivity contribution in [3.05, 3.63) is 53.6 Å². The van der Waals surface area contributed by atoms with Gasteiger partial charge in [0.05, 0.1) is 24.8 Å². The molecule has 2 aliphatic heterocycles. The number of hydrogen-bond acceptors (Lipinski definition) is 5. The SMILES string of the molecule is CCOc1ccc(N2C(=O)C[C@@H](N3CCN(c4ccc(Cl)cc4)CC3)C2=O)cc1. The first-order valence-electron chi connectivity index (χ1n) is 9.91. The average Bonchev–Trinajstić information content (AvgIpc) is 3.04. The quantitative estimate of drug-likeness (QED) is 0.704. The number of anilines is 2. The van der Waals surface area contributed by atoms with E-state index in [0.29, 0.717) is 12.3 Å². The van der Waals surface area contributed by atoms with Crippen LogP contribution in [0.15, 0.2) is 48.5 Å². The Hall–Kier alpha value is -2.57. The van der Waals surface area contributed by atoms with Crippen LogP contribution in [0.1, 0.15) is 13.3 Å². The van der Waals surface area contributed by atoms with Crippen LogP contribution in [-0.4, -0.2) is 55.5 Å². The fourth-order valence-electron chi connectivity index (χ4n) is 3.97. The first-order valence-corrected chi connectivity index (χ1v) is 10.3. The molecule has 152 valence electrons. The van der Waals surface area contributed by atoms with Crippen molar-refractivity contribution in [1.29, 1.82) is 0 Å². The van der Waals surface area contributed by atoms with Crippen LogP contribution in [0.3, 0.4) is 0 Å². The average molecular weight is 414 g/mol. The van der Waals surface area contributed by atoms with Crippen molar-refractivity contribution in [3.63, 3.8) is 0 Å². The highest BCUT2D eigenvalue weighted by atomic mass is 35.5. The zero-order chi connectivity index (χ0) is 20.4. The summed E-state index contributed by atoms with van der Waals surface area (Å²) in [4.78, 5) is 31.3. The monoisotopic (exact) mass is 413 g/mol. The number of imide groups is 1. The molecular formula is C22H24ClN3O3. The highest BCUT2D eigenvalue weighted by Crippen LogP contribution is 2.28. The Kier molecular flexibility index (Phi) is 5.74. The van der Waals surface area contributed by atoms with E-state index in [1.165, 1.54) is 4.90 Å². The predicted molar refractivity (Wildman–Crippen MR) is 114 cm³/mol. The second-order valence-electron chi connectivity index (χ2n) is 7.21. The molecule has 0 N–H and O–H groups in total. The van der Waals surface area contributed by atoms with E-state index in [1.807, 2.05) is 31.2 Å². The molecule has 1 atom stereocenters. The van der Waals surface area contributed by atoms with Gasteiger partial charge in [0.15, 0.2) is 0 Å². The molecule has 29 heavy (non-hydrogen) atoms. The lowest BCUT2D eigenvalue weighted by Crippen LogP contribution is -2.52. The van der Waals surface area contributed by atoms with Crippen LogP contribution in [0.5, 0.6) is 5.75 Å². The highest BCUT2D eigenvalue weighted by molar-refractivity contribution is 6.30. The van der Waals surface area contributed by atoms with Crippen LogP contribution in [0, 0.1) is 0 Å². The Balaban J connectivity index is 1.40. The number of piperazine rings is 1. The van der Waals surface area contributed by atoms with Crippen molar-refractivity contribution in [2.75, 3.05) is 42.6 Å². The fraction of sp³-hybridized carbons (Fsp3) is 0.364. The summed E-state index contributed by atoms with van der Waals surface area (Å²) < 4.78 is 5.44. The summed E-state index contributed by atoms with van der Waals surface area (Å²) in [6.07, 6.45) is 0.229. The molecule has 0 radical (unpaired) electrons. The summed E-state index contributed by atoms with van der Waals surface area (Å²) in [6, 6.07) is 14.5. The van der Waals surface area contributed by atoms with Crippen LogP contribution >= 0.6 is 11.6 Å². The Morgan fingerprint density at radius 2 is 1.55 bits per heavy atom. The summed E-state index contributed by atoms with van der Waals surface area (Å²) in [6.45, 7) is 5.59. The number of hydrogen-bond donors (Lipinski definition) is 0. The summed E-state index contributed by atoms with van der Waals surface area (Å²) in [5, 5.41) is 0.719. The second kappa shape index (κ2) is 8.43. The molecule has 0 unspecified atom stereocenters. The molecule has 2 aliphatic rings. The first-order chi connectivity index (χ1) is 14.1. The highest BCUT2D eigenvalue weighted by Gasteiger charge is 2.43. The molecule has 4 rings (SSSR count). The van der Waals surface area contributed by atoms with Gasteiger partial charge in [-0.2, -0.15) is 0 Å². The predicted octanol–water partition coefficient (Wildman–Crippen LogP) is 3.19. The molecule has 2 aromatic carbocycles. The Morgan fingerprint density at radius 3 is 2.17 bits per heavy atom. The number of ether oxygens (including phenoxy) is 1. The van der Waals surface area contributed by atoms with E-state index in [2.05, 4.69) is 9.80 Å². The maximum Gasteiger partial charge on any atom is 0.251 e. The van der Waals surface area contributed by atoms with Gasteiger partial charge >= 0.3 is 0 Å². The standard InChI is InChI=1S/C22H24ClN3O3/c1-2-29-19-9-7-18(8-10-19)26-21(27)15-20(22(26)28)25-13-11-24(12-14-25)17-5-3-16(23)4-6-17/h3-10,20H,2,11-15H2,1H3/t20-/m1/s1. The van der Waals surface area contributed by atoms with E-state index in [1.54, 1.807) is 24.3 Å². The van der Waals surface area contributed by atoms with Gasteiger partial charge in [-0.3, -0.25) is 14.5 Å². The topological polar surface area (TPSA) is 53.1 Å². The maximum atomic E-state index is 13.0. The lowest BCUT2D eigenvalue weighted by atomic mass is 10.1. The van der Waals surface area contributed by atoms with E-state index < -0.39 is 0 Å². The summed E-state index contributed by atoms with van der Waals surface area (Å²) in [5.41, 5.74) is 1.73. The minimum Gasteiger partial charge on any atom is -0.494 e. The van der Waals surface area contributed by atoms with Gasteiger partial charge in [0.25, 0.3) is 5.91 Å². The Morgan fingerprint density at radius 1 is 0.931 bits per heavy atom. The van der Waals surface area contributed by atoms with Crippen molar-refractivity contribution in [1.82, 2.24) is 4.90 Å². The van der Waals surface area contributed by atoms with Gasteiger partial charge in [-0.25, -0.2) is 4.90 Å². The van der Waals surface area contributed by atoms with Gasteiger partial charge in [0.2, 0.25) is 5.91 Å². The van der Waals surface area contributed by atoms with E-state index in [0.717, 1.165) is 42.6 Å². The zero-order valence-corrected chi connectivity index (χ0v) is 17.1. The summed E-state index contributed by atoms with van der Waals surface area (Å²) in [7, 11) is 0. The minimum atomic E-state index is -0.388. The second-order valence-corrected chi connectivity index (χ2v) is 7.65. The zero-order valence-electron chi connectivity index (χ0n) is 16.4. The Bertz CT molecular complexity index is 877. The number of nitrogens with zero attached hydrogens (tertiary/aromatic N) is 3. The smallest absolute Gasteiger partial charge is 0.251 e. The molecule has 2 amide bonds. The van der Waals surface area contributed by atoms with Crippen molar-refractivity contribution in [2.45, 2.75) is 19.4 Å². The van der Waals surface area contributed by atoms with Crippen molar-refractivity contribution < 1.29 is 14.3 Å². The van der Waals surface area contributed by atoms with Gasteiger partial charge in [-0.05, 0) is 55.5 Å². The third-order valence-corrected chi connectivity index (χ3v) is 5.73. The van der Waals surface area contributed by atoms with Gasteiger partial charge in [-0.1, -0.05) is 11.6 Å². The van der Waals surface area contributed by atoms with Crippen LogP contribution in [-0.2, 0) is 9.59 Å². The third-order valence-electron chi connectivity index (χ3n) is 5.48. The molecule has 6 nitrogen and oxygen atoms in total. The number of amides is 2. The van der Waals surface area contributed by atoms with Gasteiger partial charge < -0.3 is 9.64 Å². The molecule has 0 saturated carbocycles. The summed E-state index contributed by atoms with van der Waals surface area (Å²) in [5.74, 6) is 0.439. The number of rotatable bonds is 5. The summed E-state index contributed by atoms with van der Waals surface area (Å²) >= 11 is 5.97. The lowest BCUT2D eigenvalue weighted by molar-refractivity contribution is -0.123. The number of carbonyl (C=O) groups is 2. The number of halogens is 1. The van der Waals surface area contributed by atoms with E-state index >= 15 is 0 Å². The molecule has 2 heterocycles. The first kappa shape index (κ1) is 19.7. The molecule has 0 aliphatic carbocycles. The van der Waals surface area contributed by atoms with E-state index in [9.17, 15) is 9.59 Å². The van der Waals surface area contributed by atoms with Gasteiger partial charge in [0, 0.05) is 36.9 Å². The minimum absolute atomic E-state index is 0.140. The maximum absolute atomic E-state index is 13.0. The largest absolute Gasteiger partial charge is 0.494 e. The van der Waals surface area contributed by atoms with Gasteiger partial charge in [0.1, 0.15) is 5.75 Å². The van der Waals surface area contributed by atoms with Crippen LogP contribution in [0.2, 0.25) is 5.02 Å². The molecular weight excluding hydrogens is 390 g/mol. The van der Waals surface area contributed by atoms with Crippen LogP contribution in [0.4, 0.5) is 11.4 Å². The molecule has 7 heteroatoms. The van der Waals surface area contributed by atoms with Crippen molar-refractivity contribution in [2.24, 2.45) is 0 Å². The van der Waals surface area contributed by atoms with Crippen molar-refractivity contribution in [3.8, 4) is 5.75 Å². The lowest BCUT2D eigenvalue weighted by Gasteiger charge is -2.38. The molecule has 0 aromatic heterocycles. The van der Waals surface area contributed by atoms with E-state index in [4.69, 9.17) is 16.3 Å². The molecule has 2 saturated heterocycles. The van der Waals surface area contributed by atoms with E-state index in [-0.39, 0.29) is 24.3 Å². The van der Waals surface area contributed by atoms with Crippen LogP contribution in [0.25, 0.3) is 0 Å². The van der Waals surface area contributed by atoms with Crippen molar-refractivity contribution >= 4 is 34.8 Å². The number of benzene rings is 2. The normalized spacial score (nSPS) is 20.4. The fourth-order valence-corrected chi connectivity index (χ4v) is 4.10. The molecule has 2 aromatic rings. The Labute approximate surface area is 175 Å². The molecule has 0 bridgehead atoms. The molecule has 2 fully saturated rings. The van der Waals surface area contributed by atoms with Crippen LogP contribution < -0.4 is 14.5 Å².